The number of hydrogen-bond donors (Lipinski definition) is 3. The number of halogens is 1. The number of aromatic nitrogens is 4. The van der Waals surface area contributed by atoms with Crippen molar-refractivity contribution in [3.63, 3.8) is 0 Å². The minimum Gasteiger partial charge on any atom is -0.508 e. The van der Waals surface area contributed by atoms with Gasteiger partial charge in [-0.1, -0.05) is 0 Å². The lowest BCUT2D eigenvalue weighted by Crippen LogP contribution is -2.21. The lowest BCUT2D eigenvalue weighted by molar-refractivity contribution is 0.292. The number of benzene rings is 2. The van der Waals surface area contributed by atoms with Gasteiger partial charge in [0, 0.05) is 43.4 Å². The van der Waals surface area contributed by atoms with E-state index in [2.05, 4.69) is 25.6 Å². The number of phenols is 1. The van der Waals surface area contributed by atoms with Gasteiger partial charge in [0.15, 0.2) is 11.5 Å². The van der Waals surface area contributed by atoms with E-state index in [1.54, 1.807) is 32.5 Å². The monoisotopic (exact) mass is 452 g/mol. The van der Waals surface area contributed by atoms with Gasteiger partial charge in [-0.2, -0.15) is 0 Å². The number of anilines is 2. The normalized spacial score (nSPS) is 11.0. The van der Waals surface area contributed by atoms with Crippen molar-refractivity contribution in [3.8, 4) is 17.2 Å². The standard InChI is InChI=1S/C23H25FN6O3/c1-14-19(31)5-4-17(24)22(14)29-23-16-8-20(32-3)21(9-18(16)27-12-28-23)33-7-6-25-10-15-11-26-13-30(15)2/h4-5,8-9,11-13,25,31H,6-7,10H2,1-3H3,(H,27,28,29). The molecular formula is C23H25FN6O3. The summed E-state index contributed by atoms with van der Waals surface area (Å²) in [7, 11) is 3.49. The fourth-order valence-electron chi connectivity index (χ4n) is 3.38. The first kappa shape index (κ1) is 22.3. The van der Waals surface area contributed by atoms with Crippen molar-refractivity contribution in [2.24, 2.45) is 7.05 Å². The van der Waals surface area contributed by atoms with Crippen LogP contribution >= 0.6 is 0 Å². The highest BCUT2D eigenvalue weighted by atomic mass is 19.1. The molecule has 2 aromatic carbocycles. The number of rotatable bonds is 9. The first-order chi connectivity index (χ1) is 16.0. The van der Waals surface area contributed by atoms with Crippen molar-refractivity contribution in [1.29, 1.82) is 0 Å². The second-order valence-corrected chi connectivity index (χ2v) is 7.46. The minimum atomic E-state index is -0.498. The Hall–Kier alpha value is -3.92. The van der Waals surface area contributed by atoms with Crippen LogP contribution in [0.5, 0.6) is 17.2 Å². The number of aromatic hydroxyl groups is 1. The average Bonchev–Trinajstić information content (AvgIpc) is 3.23. The summed E-state index contributed by atoms with van der Waals surface area (Å²) in [5, 5.41) is 16.8. The van der Waals surface area contributed by atoms with Gasteiger partial charge in [-0.15, -0.1) is 0 Å². The number of aryl methyl sites for hydroxylation is 1. The summed E-state index contributed by atoms with van der Waals surface area (Å²) in [6.45, 7) is 3.35. The molecule has 0 spiro atoms. The Kier molecular flexibility index (Phi) is 6.55. The van der Waals surface area contributed by atoms with E-state index in [9.17, 15) is 9.50 Å². The summed E-state index contributed by atoms with van der Waals surface area (Å²) in [5.74, 6) is 0.914. The van der Waals surface area contributed by atoms with E-state index in [1.807, 2.05) is 17.8 Å². The maximum Gasteiger partial charge on any atom is 0.163 e. The zero-order valence-electron chi connectivity index (χ0n) is 18.6. The SMILES string of the molecule is COc1cc2c(Nc3c(F)ccc(O)c3C)ncnc2cc1OCCNCc1cncn1C. The Morgan fingerprint density at radius 3 is 2.79 bits per heavy atom. The molecule has 172 valence electrons. The smallest absolute Gasteiger partial charge is 0.163 e. The molecule has 0 amide bonds. The third-order valence-corrected chi connectivity index (χ3v) is 5.31. The number of ether oxygens (including phenoxy) is 2. The molecule has 2 heterocycles. The molecule has 0 fully saturated rings. The summed E-state index contributed by atoms with van der Waals surface area (Å²) in [6, 6.07) is 6.01. The molecule has 2 aromatic heterocycles. The topological polar surface area (TPSA) is 106 Å². The molecule has 0 unspecified atom stereocenters. The molecule has 0 saturated heterocycles. The molecule has 0 saturated carbocycles. The maximum absolute atomic E-state index is 14.4. The number of methoxy groups -OCH3 is 1. The molecule has 0 bridgehead atoms. The molecule has 0 aliphatic heterocycles. The van der Waals surface area contributed by atoms with E-state index in [-0.39, 0.29) is 11.4 Å². The zero-order valence-corrected chi connectivity index (χ0v) is 18.6. The van der Waals surface area contributed by atoms with E-state index in [4.69, 9.17) is 9.47 Å². The highest BCUT2D eigenvalue weighted by molar-refractivity contribution is 5.93. The van der Waals surface area contributed by atoms with E-state index < -0.39 is 5.82 Å². The van der Waals surface area contributed by atoms with Crippen LogP contribution in [0.25, 0.3) is 10.9 Å². The van der Waals surface area contributed by atoms with Crippen LogP contribution in [0.4, 0.5) is 15.9 Å². The Morgan fingerprint density at radius 1 is 1.18 bits per heavy atom. The molecule has 33 heavy (non-hydrogen) atoms. The first-order valence-corrected chi connectivity index (χ1v) is 10.3. The highest BCUT2D eigenvalue weighted by Gasteiger charge is 2.15. The van der Waals surface area contributed by atoms with Gasteiger partial charge in [0.2, 0.25) is 0 Å². The van der Waals surface area contributed by atoms with E-state index >= 15 is 0 Å². The predicted molar refractivity (Wildman–Crippen MR) is 123 cm³/mol. The Balaban J connectivity index is 1.51. The second-order valence-electron chi connectivity index (χ2n) is 7.46. The molecule has 0 aliphatic rings. The van der Waals surface area contributed by atoms with E-state index in [1.165, 1.54) is 18.5 Å². The fraction of sp³-hybridized carbons (Fsp3) is 0.261. The van der Waals surface area contributed by atoms with Gasteiger partial charge in [0.05, 0.1) is 30.3 Å². The van der Waals surface area contributed by atoms with Crippen LogP contribution in [0.2, 0.25) is 0 Å². The van der Waals surface area contributed by atoms with Crippen LogP contribution in [0.3, 0.4) is 0 Å². The number of hydrogen-bond acceptors (Lipinski definition) is 8. The van der Waals surface area contributed by atoms with E-state index in [0.717, 1.165) is 5.69 Å². The molecule has 10 heteroatoms. The van der Waals surface area contributed by atoms with Crippen LogP contribution in [0, 0.1) is 12.7 Å². The van der Waals surface area contributed by atoms with Gasteiger partial charge in [0.25, 0.3) is 0 Å². The van der Waals surface area contributed by atoms with Crippen molar-refractivity contribution >= 4 is 22.4 Å². The van der Waals surface area contributed by atoms with Crippen LogP contribution < -0.4 is 20.1 Å². The number of nitrogens with zero attached hydrogens (tertiary/aromatic N) is 4. The predicted octanol–water partition coefficient (Wildman–Crippen LogP) is 3.44. The molecule has 3 N–H and O–H groups in total. The van der Waals surface area contributed by atoms with Crippen molar-refractivity contribution in [2.75, 3.05) is 25.6 Å². The fourth-order valence-corrected chi connectivity index (χ4v) is 3.38. The van der Waals surface area contributed by atoms with Crippen LogP contribution in [0.15, 0.2) is 43.1 Å². The van der Waals surface area contributed by atoms with Crippen LogP contribution in [-0.4, -0.2) is 44.9 Å². The van der Waals surface area contributed by atoms with Gasteiger partial charge >= 0.3 is 0 Å². The molecular weight excluding hydrogens is 427 g/mol. The van der Waals surface area contributed by atoms with Gasteiger partial charge in [-0.05, 0) is 25.1 Å². The molecule has 4 rings (SSSR count). The molecule has 0 aliphatic carbocycles. The summed E-state index contributed by atoms with van der Waals surface area (Å²) < 4.78 is 27.7. The largest absolute Gasteiger partial charge is 0.508 e. The van der Waals surface area contributed by atoms with Crippen molar-refractivity contribution in [3.05, 3.63) is 60.2 Å². The second kappa shape index (κ2) is 9.70. The Morgan fingerprint density at radius 2 is 2.03 bits per heavy atom. The Bertz CT molecular complexity index is 1280. The third-order valence-electron chi connectivity index (χ3n) is 5.31. The Labute approximate surface area is 190 Å². The molecule has 4 aromatic rings. The molecule has 9 nitrogen and oxygen atoms in total. The summed E-state index contributed by atoms with van der Waals surface area (Å²) >= 11 is 0. The van der Waals surface area contributed by atoms with Crippen molar-refractivity contribution < 1.29 is 19.0 Å². The van der Waals surface area contributed by atoms with Crippen molar-refractivity contribution in [1.82, 2.24) is 24.8 Å². The quantitative estimate of drug-likeness (QED) is 0.332. The van der Waals surface area contributed by atoms with Gasteiger partial charge in [-0.25, -0.2) is 19.3 Å². The third kappa shape index (κ3) is 4.80. The number of imidazole rings is 1. The van der Waals surface area contributed by atoms with Gasteiger partial charge < -0.3 is 29.8 Å². The lowest BCUT2D eigenvalue weighted by Gasteiger charge is -2.15. The summed E-state index contributed by atoms with van der Waals surface area (Å²) in [5.41, 5.74) is 2.21. The highest BCUT2D eigenvalue weighted by Crippen LogP contribution is 2.36. The first-order valence-electron chi connectivity index (χ1n) is 10.3. The van der Waals surface area contributed by atoms with E-state index in [0.29, 0.717) is 53.5 Å². The summed E-state index contributed by atoms with van der Waals surface area (Å²) in [6.07, 6.45) is 4.96. The van der Waals surface area contributed by atoms with Crippen LogP contribution in [-0.2, 0) is 13.6 Å². The van der Waals surface area contributed by atoms with Crippen LogP contribution in [0.1, 0.15) is 11.3 Å². The van der Waals surface area contributed by atoms with Crippen molar-refractivity contribution in [2.45, 2.75) is 13.5 Å². The maximum atomic E-state index is 14.4. The lowest BCUT2D eigenvalue weighted by atomic mass is 10.1. The van der Waals surface area contributed by atoms with Gasteiger partial charge in [0.1, 0.15) is 30.3 Å². The number of fused-ring (bicyclic) bond motifs is 1. The zero-order chi connectivity index (χ0) is 23.4. The minimum absolute atomic E-state index is 0.0115. The average molecular weight is 452 g/mol. The van der Waals surface area contributed by atoms with Gasteiger partial charge in [-0.3, -0.25) is 0 Å². The number of phenolic OH excluding ortho intramolecular Hbond substituents is 1. The molecule has 0 radical (unpaired) electrons. The number of nitrogens with one attached hydrogen (secondary N) is 2. The summed E-state index contributed by atoms with van der Waals surface area (Å²) in [4.78, 5) is 12.7. The molecule has 0 atom stereocenters.